The first-order valence-corrected chi connectivity index (χ1v) is 9.83. The molecule has 4 aromatic rings. The Labute approximate surface area is 152 Å². The van der Waals surface area contributed by atoms with Crippen LogP contribution in [-0.4, -0.2) is 9.97 Å². The zero-order chi connectivity index (χ0) is 17.4. The Kier molecular flexibility index (Phi) is 4.29. The first kappa shape index (κ1) is 16.3. The number of nitrogens with zero attached hydrogens (tertiary/aromatic N) is 1. The molecule has 7 heteroatoms. The third-order valence-electron chi connectivity index (χ3n) is 4.25. The molecule has 128 valence electrons. The second kappa shape index (κ2) is 6.59. The summed E-state index contributed by atoms with van der Waals surface area (Å²) in [6, 6.07) is 8.03. The van der Waals surface area contributed by atoms with E-state index in [1.807, 2.05) is 41.9 Å². The fourth-order valence-corrected chi connectivity index (χ4v) is 4.73. The molecule has 0 aliphatic heterocycles. The molecular formula is C18H18N3O2S2+. The first-order valence-electron chi connectivity index (χ1n) is 8.07. The molecule has 0 fully saturated rings. The smallest absolute Gasteiger partial charge is 0.260 e. The van der Waals surface area contributed by atoms with Gasteiger partial charge in [-0.1, -0.05) is 6.07 Å². The van der Waals surface area contributed by atoms with Gasteiger partial charge in [-0.15, -0.1) is 22.7 Å². The number of furan rings is 1. The number of thiophene rings is 2. The van der Waals surface area contributed by atoms with Crippen molar-refractivity contribution in [3.8, 4) is 10.4 Å². The van der Waals surface area contributed by atoms with E-state index in [-0.39, 0.29) is 17.6 Å². The van der Waals surface area contributed by atoms with Gasteiger partial charge in [0.2, 0.25) is 0 Å². The number of hydrogen-bond donors (Lipinski definition) is 2. The summed E-state index contributed by atoms with van der Waals surface area (Å²) in [6.45, 7) is 4.11. The van der Waals surface area contributed by atoms with E-state index in [0.29, 0.717) is 11.2 Å². The van der Waals surface area contributed by atoms with Gasteiger partial charge in [0, 0.05) is 15.8 Å². The molecule has 0 aromatic carbocycles. The van der Waals surface area contributed by atoms with Gasteiger partial charge in [0.15, 0.2) is 11.6 Å². The highest BCUT2D eigenvalue weighted by atomic mass is 32.1. The van der Waals surface area contributed by atoms with Crippen molar-refractivity contribution in [1.29, 1.82) is 0 Å². The molecule has 0 spiro atoms. The van der Waals surface area contributed by atoms with Crippen LogP contribution in [0.25, 0.3) is 20.7 Å². The molecular weight excluding hydrogens is 354 g/mol. The Morgan fingerprint density at radius 2 is 2.08 bits per heavy atom. The van der Waals surface area contributed by atoms with Gasteiger partial charge in [0.1, 0.15) is 16.9 Å². The standard InChI is InChI=1S/C18H17N3O2S2/c1-10(13-5-3-7-23-13)19-11(2)16-20-17(22)15-12(9-25-18(15)21-16)14-6-4-8-24-14/h3-11,19H,1-2H3,(H,20,21,22)/p+1/t10-,11+/m0/s1. The van der Waals surface area contributed by atoms with E-state index in [9.17, 15) is 4.79 Å². The molecule has 0 radical (unpaired) electrons. The number of quaternary nitrogens is 1. The van der Waals surface area contributed by atoms with Crippen molar-refractivity contribution in [3.05, 3.63) is 63.2 Å². The number of H-pyrrole nitrogens is 1. The number of rotatable bonds is 5. The summed E-state index contributed by atoms with van der Waals surface area (Å²) in [7, 11) is 0. The number of hydrogen-bond acceptors (Lipinski definition) is 5. The molecule has 2 atom stereocenters. The summed E-state index contributed by atoms with van der Waals surface area (Å²) < 4.78 is 5.45. The van der Waals surface area contributed by atoms with Crippen molar-refractivity contribution < 1.29 is 9.73 Å². The lowest BCUT2D eigenvalue weighted by molar-refractivity contribution is -0.731. The predicted octanol–water partition coefficient (Wildman–Crippen LogP) is 3.69. The third-order valence-corrected chi connectivity index (χ3v) is 6.02. The molecule has 0 saturated carbocycles. The molecule has 4 rings (SSSR count). The maximum Gasteiger partial charge on any atom is 0.260 e. The number of fused-ring (bicyclic) bond motifs is 1. The van der Waals surface area contributed by atoms with Crippen LogP contribution in [0.5, 0.6) is 0 Å². The average Bonchev–Trinajstić information content (AvgIpc) is 3.34. The van der Waals surface area contributed by atoms with Crippen molar-refractivity contribution in [2.45, 2.75) is 25.9 Å². The van der Waals surface area contributed by atoms with Gasteiger partial charge >= 0.3 is 0 Å². The monoisotopic (exact) mass is 372 g/mol. The van der Waals surface area contributed by atoms with Gasteiger partial charge < -0.3 is 14.7 Å². The topological polar surface area (TPSA) is 75.5 Å². The Morgan fingerprint density at radius 1 is 1.20 bits per heavy atom. The van der Waals surface area contributed by atoms with E-state index < -0.39 is 0 Å². The highest BCUT2D eigenvalue weighted by Gasteiger charge is 2.21. The lowest BCUT2D eigenvalue weighted by Crippen LogP contribution is -2.85. The maximum absolute atomic E-state index is 12.7. The number of nitrogens with two attached hydrogens (primary N) is 1. The molecule has 25 heavy (non-hydrogen) atoms. The van der Waals surface area contributed by atoms with Crippen LogP contribution in [0.3, 0.4) is 0 Å². The molecule has 0 amide bonds. The van der Waals surface area contributed by atoms with Crippen molar-refractivity contribution in [2.24, 2.45) is 0 Å². The first-order chi connectivity index (χ1) is 12.1. The summed E-state index contributed by atoms with van der Waals surface area (Å²) >= 11 is 3.15. The second-order valence-corrected chi connectivity index (χ2v) is 7.85. The number of nitrogens with one attached hydrogen (secondary N) is 1. The van der Waals surface area contributed by atoms with Gasteiger partial charge in [0.25, 0.3) is 5.56 Å². The van der Waals surface area contributed by atoms with E-state index in [4.69, 9.17) is 9.40 Å². The van der Waals surface area contributed by atoms with Gasteiger partial charge in [-0.25, -0.2) is 4.98 Å². The SMILES string of the molecule is C[C@H]([NH2+][C@H](C)c1nc2scc(-c3cccs3)c2c(=O)[nH]1)c1ccco1. The Balaban J connectivity index is 1.66. The van der Waals surface area contributed by atoms with Gasteiger partial charge in [0.05, 0.1) is 11.6 Å². The number of aromatic amines is 1. The van der Waals surface area contributed by atoms with Crippen LogP contribution in [0.15, 0.2) is 50.5 Å². The fourth-order valence-electron chi connectivity index (χ4n) is 2.96. The van der Waals surface area contributed by atoms with Gasteiger partial charge in [-0.05, 0) is 37.4 Å². The van der Waals surface area contributed by atoms with E-state index in [0.717, 1.165) is 21.0 Å². The van der Waals surface area contributed by atoms with Crippen LogP contribution in [0.4, 0.5) is 0 Å². The molecule has 0 saturated heterocycles. The molecule has 0 aliphatic rings. The Morgan fingerprint density at radius 3 is 2.80 bits per heavy atom. The highest BCUT2D eigenvalue weighted by Crippen LogP contribution is 2.33. The zero-order valence-corrected chi connectivity index (χ0v) is 15.5. The second-order valence-electron chi connectivity index (χ2n) is 6.04. The minimum atomic E-state index is -0.0736. The van der Waals surface area contributed by atoms with E-state index in [1.54, 1.807) is 17.6 Å². The van der Waals surface area contributed by atoms with Crippen LogP contribution in [-0.2, 0) is 0 Å². The van der Waals surface area contributed by atoms with Crippen molar-refractivity contribution in [1.82, 2.24) is 9.97 Å². The lowest BCUT2D eigenvalue weighted by Gasteiger charge is -2.14. The molecule has 0 bridgehead atoms. The molecule has 0 unspecified atom stereocenters. The molecule has 3 N–H and O–H groups in total. The highest BCUT2D eigenvalue weighted by molar-refractivity contribution is 7.18. The van der Waals surface area contributed by atoms with Crippen LogP contribution in [0.1, 0.15) is 37.5 Å². The molecule has 4 aromatic heterocycles. The normalized spacial score (nSPS) is 14.0. The molecule has 4 heterocycles. The maximum atomic E-state index is 12.7. The van der Waals surface area contributed by atoms with Crippen LogP contribution in [0, 0.1) is 0 Å². The predicted molar refractivity (Wildman–Crippen MR) is 101 cm³/mol. The summed E-state index contributed by atoms with van der Waals surface area (Å²) in [6.07, 6.45) is 1.67. The van der Waals surface area contributed by atoms with Crippen LogP contribution < -0.4 is 10.9 Å². The van der Waals surface area contributed by atoms with Gasteiger partial charge in [-0.3, -0.25) is 4.79 Å². The summed E-state index contributed by atoms with van der Waals surface area (Å²) in [5, 5.41) is 6.85. The lowest BCUT2D eigenvalue weighted by atomic mass is 10.2. The van der Waals surface area contributed by atoms with Crippen LogP contribution in [0.2, 0.25) is 0 Å². The van der Waals surface area contributed by atoms with E-state index >= 15 is 0 Å². The minimum absolute atomic E-state index is 0.0180. The molecule has 5 nitrogen and oxygen atoms in total. The van der Waals surface area contributed by atoms with Crippen molar-refractivity contribution in [2.75, 3.05) is 0 Å². The Bertz CT molecular complexity index is 1030. The quantitative estimate of drug-likeness (QED) is 0.561. The Hall–Kier alpha value is -2.22. The summed E-state index contributed by atoms with van der Waals surface area (Å²) in [5.74, 6) is 1.60. The van der Waals surface area contributed by atoms with Gasteiger partial charge in [-0.2, -0.15) is 0 Å². The van der Waals surface area contributed by atoms with Crippen LogP contribution >= 0.6 is 22.7 Å². The van der Waals surface area contributed by atoms with E-state index in [1.165, 1.54) is 11.3 Å². The van der Waals surface area contributed by atoms with Crippen molar-refractivity contribution in [3.63, 3.8) is 0 Å². The minimum Gasteiger partial charge on any atom is -0.463 e. The fraction of sp³-hybridized carbons (Fsp3) is 0.222. The summed E-state index contributed by atoms with van der Waals surface area (Å²) in [5.41, 5.74) is 0.895. The van der Waals surface area contributed by atoms with Crippen molar-refractivity contribution >= 4 is 32.9 Å². The zero-order valence-electron chi connectivity index (χ0n) is 13.9. The molecule has 0 aliphatic carbocycles. The number of aromatic nitrogens is 2. The third kappa shape index (κ3) is 3.06. The van der Waals surface area contributed by atoms with E-state index in [2.05, 4.69) is 17.2 Å². The largest absolute Gasteiger partial charge is 0.463 e. The summed E-state index contributed by atoms with van der Waals surface area (Å²) in [4.78, 5) is 22.2. The average molecular weight is 372 g/mol.